The maximum Gasteiger partial charge on any atom is 0.267 e. The molecule has 11 nitrogen and oxygen atoms in total. The van der Waals surface area contributed by atoms with Gasteiger partial charge in [-0.15, -0.1) is 13.2 Å². The molecule has 4 aromatic rings. The lowest BCUT2D eigenvalue weighted by Gasteiger charge is -2.31. The van der Waals surface area contributed by atoms with Crippen LogP contribution >= 0.6 is 46.3 Å². The molecule has 0 fully saturated rings. The number of carbonyl (C=O) groups excluding carboxylic acids is 3. The highest BCUT2D eigenvalue weighted by molar-refractivity contribution is 8.04. The number of amides is 1. The van der Waals surface area contributed by atoms with E-state index in [0.717, 1.165) is 4.70 Å². The Balaban J connectivity index is 0.00000245. The molecule has 1 amide bonds. The van der Waals surface area contributed by atoms with Crippen molar-refractivity contribution in [3.8, 4) is 0 Å². The SMILES string of the molecule is C=C.CC(C(=O)[O-])N(CC(=O)NC[n+]1c(/C=C2\Sc3ccc(Cl)cc3N2CS(=O)(=O)[O-])sc2ccc(Cl)cc21)c1ccc(C=O)cc1. The highest BCUT2D eigenvalue weighted by Crippen LogP contribution is 2.48. The van der Waals surface area contributed by atoms with Crippen LogP contribution in [0.1, 0.15) is 22.3 Å². The molecule has 16 heteroatoms. The minimum atomic E-state index is -4.67. The molecule has 0 saturated carbocycles. The number of thiazole rings is 1. The number of aromatic nitrogens is 1. The molecular formula is C31H27Cl2N4O7S3-. The largest absolute Gasteiger partial charge is 0.747 e. The Hall–Kier alpha value is -3.92. The quantitative estimate of drug-likeness (QED) is 0.103. The van der Waals surface area contributed by atoms with Crippen molar-refractivity contribution in [1.29, 1.82) is 0 Å². The predicted octanol–water partition coefficient (Wildman–Crippen LogP) is 4.24. The molecule has 1 N–H and O–H groups in total. The summed E-state index contributed by atoms with van der Waals surface area (Å²) in [7, 11) is -4.67. The Bertz CT molecular complexity index is 1970. The number of rotatable bonds is 11. The Morgan fingerprint density at radius 3 is 2.38 bits per heavy atom. The van der Waals surface area contributed by atoms with Gasteiger partial charge in [0.2, 0.25) is 18.1 Å². The van der Waals surface area contributed by atoms with Crippen LogP contribution in [0.25, 0.3) is 16.3 Å². The fourth-order valence-corrected chi connectivity index (χ4v) is 7.87. The molecule has 1 unspecified atom stereocenters. The van der Waals surface area contributed by atoms with E-state index in [4.69, 9.17) is 23.2 Å². The lowest BCUT2D eigenvalue weighted by atomic mass is 10.1. The van der Waals surface area contributed by atoms with Crippen LogP contribution in [0.4, 0.5) is 11.4 Å². The van der Waals surface area contributed by atoms with Gasteiger partial charge in [0.05, 0.1) is 35.3 Å². The molecule has 1 atom stereocenters. The number of nitrogens with one attached hydrogen (secondary N) is 1. The molecule has 0 spiro atoms. The molecule has 0 saturated heterocycles. The van der Waals surface area contributed by atoms with Gasteiger partial charge in [0.1, 0.15) is 27.0 Å². The summed E-state index contributed by atoms with van der Waals surface area (Å²) in [5.41, 5.74) is 1.95. The van der Waals surface area contributed by atoms with E-state index in [1.807, 2.05) is 6.07 Å². The first-order chi connectivity index (χ1) is 22.3. The third-order valence-corrected chi connectivity index (χ3v) is 10.1. The van der Waals surface area contributed by atoms with Crippen LogP contribution in [-0.2, 0) is 26.4 Å². The van der Waals surface area contributed by atoms with Crippen LogP contribution in [0.2, 0.25) is 10.0 Å². The van der Waals surface area contributed by atoms with Crippen molar-refractivity contribution in [2.75, 3.05) is 22.2 Å². The summed E-state index contributed by atoms with van der Waals surface area (Å²) in [6, 6.07) is 15.2. The van der Waals surface area contributed by atoms with Gasteiger partial charge in [-0.1, -0.05) is 46.3 Å². The van der Waals surface area contributed by atoms with Crippen molar-refractivity contribution in [1.82, 2.24) is 5.32 Å². The van der Waals surface area contributed by atoms with Gasteiger partial charge in [0.15, 0.2) is 0 Å². The van der Waals surface area contributed by atoms with E-state index in [-0.39, 0.29) is 13.2 Å². The Morgan fingerprint density at radius 2 is 1.74 bits per heavy atom. The number of carboxylic acid groups (broad SMARTS) is 1. The first-order valence-electron chi connectivity index (χ1n) is 13.6. The summed E-state index contributed by atoms with van der Waals surface area (Å²) < 4.78 is 38.1. The molecular weight excluding hydrogens is 707 g/mol. The lowest BCUT2D eigenvalue weighted by Crippen LogP contribution is -2.52. The molecule has 1 aliphatic heterocycles. The van der Waals surface area contributed by atoms with Gasteiger partial charge in [-0.3, -0.25) is 14.9 Å². The van der Waals surface area contributed by atoms with Gasteiger partial charge in [0, 0.05) is 32.3 Å². The average molecular weight is 735 g/mol. The van der Waals surface area contributed by atoms with E-state index in [9.17, 15) is 32.5 Å². The Morgan fingerprint density at radius 1 is 1.09 bits per heavy atom. The van der Waals surface area contributed by atoms with Crippen LogP contribution in [-0.4, -0.2) is 49.6 Å². The first kappa shape index (κ1) is 35.9. The second-order valence-corrected chi connectivity index (χ2v) is 14.3. The monoisotopic (exact) mass is 733 g/mol. The normalized spacial score (nSPS) is 13.9. The number of halogens is 2. The maximum atomic E-state index is 13.2. The van der Waals surface area contributed by atoms with Crippen molar-refractivity contribution in [3.63, 3.8) is 0 Å². The molecule has 5 rings (SSSR count). The third kappa shape index (κ3) is 8.71. The maximum absolute atomic E-state index is 13.2. The molecule has 0 radical (unpaired) electrons. The number of carboxylic acids is 1. The van der Waals surface area contributed by atoms with Gasteiger partial charge in [-0.25, -0.2) is 8.42 Å². The van der Waals surface area contributed by atoms with Gasteiger partial charge in [-0.2, -0.15) is 4.57 Å². The second kappa shape index (κ2) is 15.3. The fourth-order valence-electron chi connectivity index (χ4n) is 4.62. The molecule has 3 aromatic carbocycles. The topological polar surface area (TPSA) is 154 Å². The average Bonchev–Trinajstić information content (AvgIpc) is 3.54. The molecule has 246 valence electrons. The van der Waals surface area contributed by atoms with Gasteiger partial charge in [0.25, 0.3) is 5.01 Å². The molecule has 1 aromatic heterocycles. The van der Waals surface area contributed by atoms with E-state index in [2.05, 4.69) is 18.5 Å². The van der Waals surface area contributed by atoms with E-state index in [1.165, 1.54) is 52.0 Å². The number of hydrogen-bond acceptors (Lipinski definition) is 11. The second-order valence-electron chi connectivity index (χ2n) is 9.88. The van der Waals surface area contributed by atoms with E-state index >= 15 is 0 Å². The number of hydrogen-bond donors (Lipinski definition) is 1. The van der Waals surface area contributed by atoms with Crippen LogP contribution in [0, 0.1) is 0 Å². The minimum absolute atomic E-state index is 0.0563. The summed E-state index contributed by atoms with van der Waals surface area (Å²) >= 11 is 15.1. The third-order valence-electron chi connectivity index (χ3n) is 6.84. The number of nitrogens with zero attached hydrogens (tertiary/aromatic N) is 3. The number of anilines is 2. The van der Waals surface area contributed by atoms with Gasteiger partial charge in [-0.05, 0) is 61.5 Å². The highest BCUT2D eigenvalue weighted by atomic mass is 35.5. The molecule has 0 aliphatic carbocycles. The summed E-state index contributed by atoms with van der Waals surface area (Å²) in [4.78, 5) is 39.4. The van der Waals surface area contributed by atoms with Crippen molar-refractivity contribution < 1.29 is 37.0 Å². The summed E-state index contributed by atoms with van der Waals surface area (Å²) in [5, 5.41) is 16.4. The Labute approximate surface area is 289 Å². The summed E-state index contributed by atoms with van der Waals surface area (Å²) in [6.45, 7) is 7.00. The van der Waals surface area contributed by atoms with Crippen LogP contribution in [0.15, 0.2) is 83.7 Å². The first-order valence-corrected chi connectivity index (χ1v) is 17.6. The van der Waals surface area contributed by atoms with Crippen LogP contribution in [0.5, 0.6) is 0 Å². The number of thioether (sulfide) groups is 1. The lowest BCUT2D eigenvalue weighted by molar-refractivity contribution is -0.672. The fraction of sp³-hybridized carbons (Fsp3) is 0.161. The number of carbonyl (C=O) groups is 3. The molecule has 0 bridgehead atoms. The summed E-state index contributed by atoms with van der Waals surface area (Å²) in [6.07, 6.45) is 2.37. The molecule has 2 heterocycles. The van der Waals surface area contributed by atoms with Crippen LogP contribution in [0.3, 0.4) is 0 Å². The zero-order valence-electron chi connectivity index (χ0n) is 24.7. The van der Waals surface area contributed by atoms with Gasteiger partial charge >= 0.3 is 0 Å². The number of aldehydes is 1. The van der Waals surface area contributed by atoms with Crippen molar-refractivity contribution >= 4 is 102 Å². The Kier molecular flexibility index (Phi) is 11.7. The molecule has 1 aliphatic rings. The van der Waals surface area contributed by atoms with Crippen LogP contribution < -0.4 is 24.8 Å². The van der Waals surface area contributed by atoms with Crippen molar-refractivity contribution in [2.45, 2.75) is 24.5 Å². The van der Waals surface area contributed by atoms with Crippen molar-refractivity contribution in [3.05, 3.63) is 99.5 Å². The highest BCUT2D eigenvalue weighted by Gasteiger charge is 2.30. The predicted molar refractivity (Wildman–Crippen MR) is 182 cm³/mol. The van der Waals surface area contributed by atoms with E-state index in [1.54, 1.807) is 53.1 Å². The summed E-state index contributed by atoms with van der Waals surface area (Å²) in [5.74, 6) is -2.70. The number of aliphatic carboxylic acids is 1. The zero-order chi connectivity index (χ0) is 34.5. The smallest absolute Gasteiger partial charge is 0.267 e. The number of fused-ring (bicyclic) bond motifs is 2. The van der Waals surface area contributed by atoms with Gasteiger partial charge < -0.3 is 24.3 Å². The minimum Gasteiger partial charge on any atom is -0.747 e. The van der Waals surface area contributed by atoms with E-state index in [0.29, 0.717) is 53.7 Å². The number of benzene rings is 3. The van der Waals surface area contributed by atoms with Crippen molar-refractivity contribution in [2.24, 2.45) is 0 Å². The van der Waals surface area contributed by atoms with E-state index < -0.39 is 33.9 Å². The molecule has 47 heavy (non-hydrogen) atoms. The standard InChI is InChI=1S/C29H24Cl2N4O7S3.C2H4/c1-17(29(38)39)33(21-6-2-18(14-36)3-7-21)13-26(37)32-15-34-22-10-19(30)4-8-24(22)43-27(34)12-28-35(16-45(40,41)42)23-11-20(31)5-9-25(23)44-28;1-2/h2-12,14,17H,13,15-16H2,1H3,(H2-,32,37,38,39,40,41,42);1-2H2/p-1. The zero-order valence-corrected chi connectivity index (χ0v) is 28.7.